The Hall–Kier alpha value is -0.620. The fourth-order valence-corrected chi connectivity index (χ4v) is 2.43. The Morgan fingerprint density at radius 3 is 2.58 bits per heavy atom. The lowest BCUT2D eigenvalue weighted by molar-refractivity contribution is -0.135. The number of hydrogen-bond acceptors (Lipinski definition) is 1. The number of hydrogen-bond donors (Lipinski definition) is 1. The normalized spacial score (nSPS) is 13.6. The summed E-state index contributed by atoms with van der Waals surface area (Å²) in [6.45, 7) is 2.48. The van der Waals surface area contributed by atoms with Gasteiger partial charge in [-0.1, -0.05) is 22.9 Å². The van der Waals surface area contributed by atoms with Gasteiger partial charge >= 0.3 is 6.18 Å². The van der Waals surface area contributed by atoms with Gasteiger partial charge in [0.05, 0.1) is 0 Å². The fraction of sp³-hybridized carbons (Fsp3) is 0.538. The highest BCUT2D eigenvalue weighted by Crippen LogP contribution is 2.30. The predicted molar refractivity (Wildman–Crippen MR) is 70.4 cm³/mol. The Labute approximate surface area is 118 Å². The van der Waals surface area contributed by atoms with Gasteiger partial charge < -0.3 is 5.32 Å². The molecule has 0 aliphatic carbocycles. The van der Waals surface area contributed by atoms with E-state index in [0.29, 0.717) is 23.0 Å². The van der Waals surface area contributed by atoms with Crippen molar-refractivity contribution in [3.8, 4) is 0 Å². The summed E-state index contributed by atoms with van der Waals surface area (Å²) in [6, 6.07) is 3.95. The van der Waals surface area contributed by atoms with Crippen LogP contribution in [-0.2, 0) is 0 Å². The summed E-state index contributed by atoms with van der Waals surface area (Å²) < 4.78 is 50.4. The molecule has 0 radical (unpaired) electrons. The second-order valence-electron chi connectivity index (χ2n) is 4.28. The zero-order valence-corrected chi connectivity index (χ0v) is 12.1. The third-order valence-corrected chi connectivity index (χ3v) is 3.46. The number of nitrogens with one attached hydrogen (secondary N) is 1. The van der Waals surface area contributed by atoms with Crippen LogP contribution in [0.25, 0.3) is 0 Å². The minimum atomic E-state index is -4.14. The molecule has 1 nitrogen and oxygen atoms in total. The lowest BCUT2D eigenvalue weighted by Crippen LogP contribution is -2.22. The largest absolute Gasteiger partial charge is 0.389 e. The van der Waals surface area contributed by atoms with Crippen LogP contribution in [0.15, 0.2) is 22.7 Å². The van der Waals surface area contributed by atoms with Crippen molar-refractivity contribution < 1.29 is 17.6 Å². The predicted octanol–water partition coefficient (Wildman–Crippen LogP) is 4.97. The van der Waals surface area contributed by atoms with Crippen LogP contribution in [0.3, 0.4) is 0 Å². The zero-order chi connectivity index (χ0) is 14.5. The van der Waals surface area contributed by atoms with Crippen LogP contribution in [-0.4, -0.2) is 12.7 Å². The second-order valence-corrected chi connectivity index (χ2v) is 5.14. The quantitative estimate of drug-likeness (QED) is 0.720. The minimum absolute atomic E-state index is 0.0180. The molecule has 0 aliphatic heterocycles. The summed E-state index contributed by atoms with van der Waals surface area (Å²) in [5.41, 5.74) is 0.657. The van der Waals surface area contributed by atoms with Gasteiger partial charge in [-0.3, -0.25) is 0 Å². The summed E-state index contributed by atoms with van der Waals surface area (Å²) in [6.07, 6.45) is -4.63. The molecule has 0 aromatic heterocycles. The van der Waals surface area contributed by atoms with E-state index >= 15 is 0 Å². The Bertz CT molecular complexity index is 406. The monoisotopic (exact) mass is 341 g/mol. The zero-order valence-electron chi connectivity index (χ0n) is 10.5. The van der Waals surface area contributed by atoms with E-state index in [1.54, 1.807) is 6.07 Å². The molecule has 1 aromatic carbocycles. The first kappa shape index (κ1) is 16.4. The van der Waals surface area contributed by atoms with Gasteiger partial charge in [-0.15, -0.1) is 0 Å². The fourth-order valence-electron chi connectivity index (χ4n) is 1.90. The van der Waals surface area contributed by atoms with Gasteiger partial charge in [-0.25, -0.2) is 4.39 Å². The highest BCUT2D eigenvalue weighted by molar-refractivity contribution is 9.10. The number of benzene rings is 1. The van der Waals surface area contributed by atoms with Crippen LogP contribution in [0.2, 0.25) is 0 Å². The van der Waals surface area contributed by atoms with Crippen molar-refractivity contribution in [2.45, 2.75) is 38.4 Å². The average molecular weight is 342 g/mol. The van der Waals surface area contributed by atoms with Crippen LogP contribution in [0.1, 0.15) is 37.8 Å². The topological polar surface area (TPSA) is 12.0 Å². The molecule has 1 unspecified atom stereocenters. The van der Waals surface area contributed by atoms with Crippen LogP contribution >= 0.6 is 15.9 Å². The second kappa shape index (κ2) is 7.24. The van der Waals surface area contributed by atoms with Gasteiger partial charge in [0.15, 0.2) is 0 Å². The molecule has 1 N–H and O–H groups in total. The highest BCUT2D eigenvalue weighted by Gasteiger charge is 2.27. The molecule has 0 amide bonds. The van der Waals surface area contributed by atoms with E-state index in [2.05, 4.69) is 21.2 Å². The third kappa shape index (κ3) is 5.91. The maximum atomic E-state index is 13.2. The Morgan fingerprint density at radius 1 is 1.32 bits per heavy atom. The standard InChI is InChI=1S/C13H16BrF4N/c1-2-19-12(4-3-7-13(16,17)18)10-8-9(15)5-6-11(10)14/h5-6,8,12,19H,2-4,7H2,1H3. The minimum Gasteiger partial charge on any atom is -0.310 e. The average Bonchev–Trinajstić information content (AvgIpc) is 2.30. The first-order valence-corrected chi connectivity index (χ1v) is 6.88. The Morgan fingerprint density at radius 2 is 2.00 bits per heavy atom. The third-order valence-electron chi connectivity index (χ3n) is 2.74. The van der Waals surface area contributed by atoms with Crippen LogP contribution < -0.4 is 5.32 Å². The van der Waals surface area contributed by atoms with Crippen molar-refractivity contribution in [3.63, 3.8) is 0 Å². The summed E-state index contributed by atoms with van der Waals surface area (Å²) in [4.78, 5) is 0. The molecule has 1 atom stereocenters. The summed E-state index contributed by atoms with van der Waals surface area (Å²) in [5.74, 6) is -0.392. The van der Waals surface area contributed by atoms with Gasteiger partial charge in [0.2, 0.25) is 0 Å². The Balaban J connectivity index is 2.73. The van der Waals surface area contributed by atoms with Gasteiger partial charge in [0.1, 0.15) is 5.82 Å². The van der Waals surface area contributed by atoms with Gasteiger partial charge in [-0.2, -0.15) is 13.2 Å². The van der Waals surface area contributed by atoms with Crippen molar-refractivity contribution >= 4 is 15.9 Å². The molecule has 0 saturated carbocycles. The van der Waals surface area contributed by atoms with Crippen molar-refractivity contribution in [1.29, 1.82) is 0 Å². The van der Waals surface area contributed by atoms with E-state index in [0.717, 1.165) is 0 Å². The molecule has 0 bridgehead atoms. The molecule has 0 saturated heterocycles. The van der Waals surface area contributed by atoms with Crippen molar-refractivity contribution in [2.24, 2.45) is 0 Å². The smallest absolute Gasteiger partial charge is 0.310 e. The van der Waals surface area contributed by atoms with E-state index in [-0.39, 0.29) is 12.5 Å². The number of halogens is 5. The highest BCUT2D eigenvalue weighted by atomic mass is 79.9. The summed E-state index contributed by atoms with van der Waals surface area (Å²) in [7, 11) is 0. The SMILES string of the molecule is CCNC(CCCC(F)(F)F)c1cc(F)ccc1Br. The maximum absolute atomic E-state index is 13.2. The van der Waals surface area contributed by atoms with E-state index in [9.17, 15) is 17.6 Å². The molecule has 108 valence electrons. The summed E-state index contributed by atoms with van der Waals surface area (Å²) in [5, 5.41) is 3.09. The van der Waals surface area contributed by atoms with Crippen molar-refractivity contribution in [2.75, 3.05) is 6.54 Å². The van der Waals surface area contributed by atoms with Crippen LogP contribution in [0.4, 0.5) is 17.6 Å². The van der Waals surface area contributed by atoms with E-state index in [4.69, 9.17) is 0 Å². The molecular formula is C13H16BrF4N. The van der Waals surface area contributed by atoms with Crippen molar-refractivity contribution in [3.05, 3.63) is 34.1 Å². The van der Waals surface area contributed by atoms with Crippen molar-refractivity contribution in [1.82, 2.24) is 5.32 Å². The molecule has 1 rings (SSSR count). The lowest BCUT2D eigenvalue weighted by Gasteiger charge is -2.20. The van der Waals surface area contributed by atoms with Crippen LogP contribution in [0.5, 0.6) is 0 Å². The van der Waals surface area contributed by atoms with E-state index in [1.807, 2.05) is 6.92 Å². The van der Waals surface area contributed by atoms with Gasteiger partial charge in [0, 0.05) is 16.9 Å². The maximum Gasteiger partial charge on any atom is 0.389 e. The van der Waals surface area contributed by atoms with E-state index in [1.165, 1.54) is 12.1 Å². The lowest BCUT2D eigenvalue weighted by atomic mass is 10.0. The molecule has 0 spiro atoms. The molecule has 0 fully saturated rings. The summed E-state index contributed by atoms with van der Waals surface area (Å²) >= 11 is 3.30. The molecule has 0 heterocycles. The Kier molecular flexibility index (Phi) is 6.26. The molecular weight excluding hydrogens is 326 g/mol. The number of alkyl halides is 3. The van der Waals surface area contributed by atoms with E-state index < -0.39 is 18.4 Å². The molecule has 0 aliphatic rings. The van der Waals surface area contributed by atoms with Gasteiger partial charge in [0.25, 0.3) is 0 Å². The van der Waals surface area contributed by atoms with Gasteiger partial charge in [-0.05, 0) is 43.1 Å². The van der Waals surface area contributed by atoms with Crippen LogP contribution in [0, 0.1) is 5.82 Å². The molecule has 1 aromatic rings. The first-order valence-electron chi connectivity index (χ1n) is 6.08. The number of rotatable bonds is 6. The first-order chi connectivity index (χ1) is 8.83. The molecule has 19 heavy (non-hydrogen) atoms. The molecule has 6 heteroatoms.